The average Bonchev–Trinajstić information content (AvgIpc) is 2.51. The van der Waals surface area contributed by atoms with Gasteiger partial charge in [-0.2, -0.15) is 0 Å². The summed E-state index contributed by atoms with van der Waals surface area (Å²) in [4.78, 5) is 14.2. The molecule has 2 rings (SSSR count). The van der Waals surface area contributed by atoms with Gasteiger partial charge < -0.3 is 10.1 Å². The Balaban J connectivity index is 1.93. The minimum absolute atomic E-state index is 0.0479. The van der Waals surface area contributed by atoms with Crippen molar-refractivity contribution in [1.29, 1.82) is 0 Å². The standard InChI is InChI=1S/C19H24N2O2/c1-4-23-18-12-8-7-11-17(18)20-19(22)14-21(3)13-16-10-6-5-9-15(16)2/h5-12H,4,13-14H2,1-3H3,(H,20,22). The molecule has 0 fully saturated rings. The molecule has 122 valence electrons. The maximum Gasteiger partial charge on any atom is 0.238 e. The summed E-state index contributed by atoms with van der Waals surface area (Å²) in [6, 6.07) is 15.7. The number of rotatable bonds is 7. The number of hydrogen-bond acceptors (Lipinski definition) is 3. The summed E-state index contributed by atoms with van der Waals surface area (Å²) in [7, 11) is 1.94. The van der Waals surface area contributed by atoms with Crippen LogP contribution in [-0.2, 0) is 11.3 Å². The second-order valence-corrected chi connectivity index (χ2v) is 5.58. The number of para-hydroxylation sites is 2. The molecule has 0 aliphatic heterocycles. The van der Waals surface area contributed by atoms with Crippen molar-refractivity contribution >= 4 is 11.6 Å². The fraction of sp³-hybridized carbons (Fsp3) is 0.316. The Morgan fingerprint density at radius 3 is 2.57 bits per heavy atom. The molecule has 4 nitrogen and oxygen atoms in total. The summed E-state index contributed by atoms with van der Waals surface area (Å²) in [5, 5.41) is 2.92. The van der Waals surface area contributed by atoms with Crippen LogP contribution in [0, 0.1) is 6.92 Å². The topological polar surface area (TPSA) is 41.6 Å². The van der Waals surface area contributed by atoms with Crippen LogP contribution in [0.3, 0.4) is 0 Å². The molecule has 0 spiro atoms. The lowest BCUT2D eigenvalue weighted by Gasteiger charge is -2.18. The van der Waals surface area contributed by atoms with Crippen molar-refractivity contribution in [3.63, 3.8) is 0 Å². The number of nitrogens with one attached hydrogen (secondary N) is 1. The zero-order valence-electron chi connectivity index (χ0n) is 14.0. The molecule has 23 heavy (non-hydrogen) atoms. The van der Waals surface area contributed by atoms with Crippen LogP contribution in [0.5, 0.6) is 5.75 Å². The highest BCUT2D eigenvalue weighted by Gasteiger charge is 2.11. The van der Waals surface area contributed by atoms with Crippen LogP contribution >= 0.6 is 0 Å². The van der Waals surface area contributed by atoms with E-state index in [2.05, 4.69) is 24.4 Å². The third kappa shape index (κ3) is 5.11. The number of likely N-dealkylation sites (N-methyl/N-ethyl adjacent to an activating group) is 1. The van der Waals surface area contributed by atoms with Gasteiger partial charge in [-0.05, 0) is 44.2 Å². The van der Waals surface area contributed by atoms with E-state index >= 15 is 0 Å². The Hall–Kier alpha value is -2.33. The van der Waals surface area contributed by atoms with Crippen LogP contribution in [-0.4, -0.2) is 31.0 Å². The van der Waals surface area contributed by atoms with Gasteiger partial charge in [0, 0.05) is 6.54 Å². The second-order valence-electron chi connectivity index (χ2n) is 5.58. The summed E-state index contributed by atoms with van der Waals surface area (Å²) in [5.41, 5.74) is 3.18. The number of carbonyl (C=O) groups excluding carboxylic acids is 1. The lowest BCUT2D eigenvalue weighted by Crippen LogP contribution is -2.30. The van der Waals surface area contributed by atoms with Crippen molar-refractivity contribution in [2.45, 2.75) is 20.4 Å². The van der Waals surface area contributed by atoms with Crippen molar-refractivity contribution in [2.24, 2.45) is 0 Å². The molecule has 1 N–H and O–H groups in total. The van der Waals surface area contributed by atoms with Gasteiger partial charge in [0.05, 0.1) is 18.8 Å². The van der Waals surface area contributed by atoms with Gasteiger partial charge >= 0.3 is 0 Å². The molecule has 0 unspecified atom stereocenters. The molecule has 0 radical (unpaired) electrons. The molecule has 0 saturated heterocycles. The lowest BCUT2D eigenvalue weighted by molar-refractivity contribution is -0.117. The molecule has 0 bridgehead atoms. The molecule has 0 atom stereocenters. The van der Waals surface area contributed by atoms with E-state index in [4.69, 9.17) is 4.74 Å². The molecular weight excluding hydrogens is 288 g/mol. The van der Waals surface area contributed by atoms with E-state index in [9.17, 15) is 4.79 Å². The van der Waals surface area contributed by atoms with Gasteiger partial charge in [-0.25, -0.2) is 0 Å². The van der Waals surface area contributed by atoms with E-state index in [0.717, 1.165) is 6.54 Å². The summed E-state index contributed by atoms with van der Waals surface area (Å²) in [5.74, 6) is 0.651. The molecule has 4 heteroatoms. The highest BCUT2D eigenvalue weighted by atomic mass is 16.5. The first-order chi connectivity index (χ1) is 11.1. The summed E-state index contributed by atoms with van der Waals surface area (Å²) in [6.45, 7) is 5.65. The van der Waals surface area contributed by atoms with Gasteiger partial charge in [-0.1, -0.05) is 36.4 Å². The molecule has 0 saturated carbocycles. The van der Waals surface area contributed by atoms with Crippen LogP contribution in [0.4, 0.5) is 5.69 Å². The Kier molecular flexibility index (Phi) is 6.18. The second kappa shape index (κ2) is 8.34. The van der Waals surface area contributed by atoms with E-state index in [-0.39, 0.29) is 5.91 Å². The average molecular weight is 312 g/mol. The normalized spacial score (nSPS) is 10.6. The fourth-order valence-corrected chi connectivity index (χ4v) is 2.42. The maximum absolute atomic E-state index is 12.2. The van der Waals surface area contributed by atoms with Crippen LogP contribution in [0.25, 0.3) is 0 Å². The SMILES string of the molecule is CCOc1ccccc1NC(=O)CN(C)Cc1ccccc1C. The number of carbonyl (C=O) groups is 1. The molecule has 2 aromatic carbocycles. The van der Waals surface area contributed by atoms with Crippen molar-refractivity contribution < 1.29 is 9.53 Å². The van der Waals surface area contributed by atoms with Gasteiger partial charge in [-0.3, -0.25) is 9.69 Å². The Labute approximate surface area is 138 Å². The predicted octanol–water partition coefficient (Wildman–Crippen LogP) is 3.46. The molecule has 0 heterocycles. The quantitative estimate of drug-likeness (QED) is 0.851. The van der Waals surface area contributed by atoms with Crippen LogP contribution in [0.2, 0.25) is 0 Å². The predicted molar refractivity (Wildman–Crippen MR) is 93.8 cm³/mol. The van der Waals surface area contributed by atoms with Crippen molar-refractivity contribution in [3.8, 4) is 5.75 Å². The van der Waals surface area contributed by atoms with Gasteiger partial charge in [0.25, 0.3) is 0 Å². The first kappa shape index (κ1) is 17.0. The fourth-order valence-electron chi connectivity index (χ4n) is 2.42. The smallest absolute Gasteiger partial charge is 0.238 e. The van der Waals surface area contributed by atoms with Crippen LogP contribution < -0.4 is 10.1 Å². The highest BCUT2D eigenvalue weighted by molar-refractivity contribution is 5.93. The molecule has 0 aromatic heterocycles. The van der Waals surface area contributed by atoms with E-state index in [0.29, 0.717) is 24.6 Å². The molecule has 0 aliphatic carbocycles. The Bertz CT molecular complexity index is 655. The van der Waals surface area contributed by atoms with Gasteiger partial charge in [0.2, 0.25) is 5.91 Å². The third-order valence-electron chi connectivity index (χ3n) is 3.58. The monoisotopic (exact) mass is 312 g/mol. The van der Waals surface area contributed by atoms with Crippen molar-refractivity contribution in [2.75, 3.05) is 25.5 Å². The van der Waals surface area contributed by atoms with Crippen LogP contribution in [0.1, 0.15) is 18.1 Å². The minimum atomic E-state index is -0.0479. The lowest BCUT2D eigenvalue weighted by atomic mass is 10.1. The number of hydrogen-bond donors (Lipinski definition) is 1. The van der Waals surface area contributed by atoms with E-state index < -0.39 is 0 Å². The first-order valence-corrected chi connectivity index (χ1v) is 7.85. The minimum Gasteiger partial charge on any atom is -0.492 e. The maximum atomic E-state index is 12.2. The summed E-state index contributed by atoms with van der Waals surface area (Å²) in [6.07, 6.45) is 0. The summed E-state index contributed by atoms with van der Waals surface area (Å²) < 4.78 is 5.53. The first-order valence-electron chi connectivity index (χ1n) is 7.85. The van der Waals surface area contributed by atoms with Crippen molar-refractivity contribution in [3.05, 3.63) is 59.7 Å². The van der Waals surface area contributed by atoms with E-state index in [1.54, 1.807) is 0 Å². The zero-order chi connectivity index (χ0) is 16.7. The van der Waals surface area contributed by atoms with Gasteiger partial charge in [0.15, 0.2) is 0 Å². The molecule has 0 aliphatic rings. The number of ether oxygens (including phenoxy) is 1. The number of amides is 1. The van der Waals surface area contributed by atoms with Gasteiger partial charge in [-0.15, -0.1) is 0 Å². The Morgan fingerprint density at radius 1 is 1.13 bits per heavy atom. The largest absolute Gasteiger partial charge is 0.492 e. The number of benzene rings is 2. The summed E-state index contributed by atoms with van der Waals surface area (Å²) >= 11 is 0. The molecule has 2 aromatic rings. The van der Waals surface area contributed by atoms with E-state index in [1.807, 2.05) is 55.3 Å². The number of aryl methyl sites for hydroxylation is 1. The third-order valence-corrected chi connectivity index (χ3v) is 3.58. The Morgan fingerprint density at radius 2 is 1.83 bits per heavy atom. The number of anilines is 1. The number of nitrogens with zero attached hydrogens (tertiary/aromatic N) is 1. The highest BCUT2D eigenvalue weighted by Crippen LogP contribution is 2.23. The molecule has 1 amide bonds. The van der Waals surface area contributed by atoms with Crippen LogP contribution in [0.15, 0.2) is 48.5 Å². The van der Waals surface area contributed by atoms with E-state index in [1.165, 1.54) is 11.1 Å². The molecular formula is C19H24N2O2. The zero-order valence-corrected chi connectivity index (χ0v) is 14.0. The van der Waals surface area contributed by atoms with Crippen molar-refractivity contribution in [1.82, 2.24) is 4.90 Å². The van der Waals surface area contributed by atoms with Gasteiger partial charge in [0.1, 0.15) is 5.75 Å².